The van der Waals surface area contributed by atoms with Gasteiger partial charge in [0.05, 0.1) is 0 Å². The fourth-order valence-corrected chi connectivity index (χ4v) is 3.39. The van der Waals surface area contributed by atoms with Crippen LogP contribution in [0.5, 0.6) is 0 Å². The van der Waals surface area contributed by atoms with Gasteiger partial charge in [-0.1, -0.05) is 67.9 Å². The molecule has 1 aliphatic carbocycles. The van der Waals surface area contributed by atoms with Gasteiger partial charge in [-0.3, -0.25) is 0 Å². The Morgan fingerprint density at radius 3 is 2.33 bits per heavy atom. The SMILES string of the molecule is CCC(c1ccccc1)C(N)c1cccc(C2CCC2)c1. The first-order valence-corrected chi connectivity index (χ1v) is 8.20. The van der Waals surface area contributed by atoms with Gasteiger partial charge in [-0.15, -0.1) is 0 Å². The van der Waals surface area contributed by atoms with Crippen LogP contribution >= 0.6 is 0 Å². The summed E-state index contributed by atoms with van der Waals surface area (Å²) in [4.78, 5) is 0. The maximum absolute atomic E-state index is 6.61. The van der Waals surface area contributed by atoms with Crippen molar-refractivity contribution >= 4 is 0 Å². The van der Waals surface area contributed by atoms with E-state index in [0.29, 0.717) is 5.92 Å². The maximum Gasteiger partial charge on any atom is 0.0364 e. The summed E-state index contributed by atoms with van der Waals surface area (Å²) in [6.45, 7) is 2.23. The summed E-state index contributed by atoms with van der Waals surface area (Å²) in [6.07, 6.45) is 5.13. The molecule has 1 aliphatic rings. The summed E-state index contributed by atoms with van der Waals surface area (Å²) in [5.41, 5.74) is 10.7. The second kappa shape index (κ2) is 6.44. The lowest BCUT2D eigenvalue weighted by atomic mass is 9.78. The Labute approximate surface area is 128 Å². The molecule has 2 N–H and O–H groups in total. The number of nitrogens with two attached hydrogens (primary N) is 1. The summed E-state index contributed by atoms with van der Waals surface area (Å²) in [7, 11) is 0. The minimum Gasteiger partial charge on any atom is -0.323 e. The molecule has 0 bridgehead atoms. The zero-order valence-electron chi connectivity index (χ0n) is 12.8. The van der Waals surface area contributed by atoms with E-state index >= 15 is 0 Å². The Morgan fingerprint density at radius 2 is 1.71 bits per heavy atom. The third-order valence-corrected chi connectivity index (χ3v) is 4.97. The third kappa shape index (κ3) is 3.03. The van der Waals surface area contributed by atoms with Crippen molar-refractivity contribution in [1.82, 2.24) is 0 Å². The van der Waals surface area contributed by atoms with Gasteiger partial charge in [0.25, 0.3) is 0 Å². The van der Waals surface area contributed by atoms with Crippen molar-refractivity contribution in [1.29, 1.82) is 0 Å². The van der Waals surface area contributed by atoms with E-state index < -0.39 is 0 Å². The molecule has 2 aromatic rings. The monoisotopic (exact) mass is 279 g/mol. The van der Waals surface area contributed by atoms with Gasteiger partial charge < -0.3 is 5.73 Å². The van der Waals surface area contributed by atoms with Gasteiger partial charge in [-0.05, 0) is 41.9 Å². The Hall–Kier alpha value is -1.60. The van der Waals surface area contributed by atoms with E-state index in [0.717, 1.165) is 12.3 Å². The lowest BCUT2D eigenvalue weighted by Crippen LogP contribution is -2.20. The first-order chi connectivity index (χ1) is 10.3. The van der Waals surface area contributed by atoms with Crippen LogP contribution in [0.4, 0.5) is 0 Å². The van der Waals surface area contributed by atoms with Gasteiger partial charge in [0.2, 0.25) is 0 Å². The molecule has 110 valence electrons. The van der Waals surface area contributed by atoms with Crippen LogP contribution in [0.2, 0.25) is 0 Å². The zero-order chi connectivity index (χ0) is 14.7. The Bertz CT molecular complexity index is 571. The maximum atomic E-state index is 6.61. The highest BCUT2D eigenvalue weighted by Crippen LogP contribution is 2.38. The molecule has 2 atom stereocenters. The van der Waals surface area contributed by atoms with E-state index in [9.17, 15) is 0 Å². The highest BCUT2D eigenvalue weighted by Gasteiger charge is 2.23. The Morgan fingerprint density at radius 1 is 1.00 bits per heavy atom. The van der Waals surface area contributed by atoms with Gasteiger partial charge in [0, 0.05) is 12.0 Å². The first-order valence-electron chi connectivity index (χ1n) is 8.20. The van der Waals surface area contributed by atoms with Crippen molar-refractivity contribution in [3.05, 3.63) is 71.3 Å². The fraction of sp³-hybridized carbons (Fsp3) is 0.400. The average molecular weight is 279 g/mol. The van der Waals surface area contributed by atoms with E-state index in [2.05, 4.69) is 61.5 Å². The summed E-state index contributed by atoms with van der Waals surface area (Å²) >= 11 is 0. The fourth-order valence-electron chi connectivity index (χ4n) is 3.39. The van der Waals surface area contributed by atoms with Crippen LogP contribution in [-0.2, 0) is 0 Å². The van der Waals surface area contributed by atoms with Crippen LogP contribution in [0, 0.1) is 0 Å². The summed E-state index contributed by atoms with van der Waals surface area (Å²) in [6, 6.07) is 19.7. The molecule has 21 heavy (non-hydrogen) atoms. The molecular formula is C20H25N. The molecule has 1 saturated carbocycles. The topological polar surface area (TPSA) is 26.0 Å². The average Bonchev–Trinajstić information content (AvgIpc) is 2.47. The molecular weight excluding hydrogens is 254 g/mol. The van der Waals surface area contributed by atoms with Crippen LogP contribution in [0.3, 0.4) is 0 Å². The smallest absolute Gasteiger partial charge is 0.0364 e. The van der Waals surface area contributed by atoms with E-state index in [-0.39, 0.29) is 6.04 Å². The van der Waals surface area contributed by atoms with Crippen LogP contribution in [0.1, 0.15) is 67.2 Å². The van der Waals surface area contributed by atoms with Crippen LogP contribution < -0.4 is 5.73 Å². The molecule has 0 radical (unpaired) electrons. The van der Waals surface area contributed by atoms with Crippen molar-refractivity contribution in [2.45, 2.75) is 50.5 Å². The molecule has 1 fully saturated rings. The van der Waals surface area contributed by atoms with Gasteiger partial charge in [0.1, 0.15) is 0 Å². The predicted molar refractivity (Wildman–Crippen MR) is 89.4 cm³/mol. The van der Waals surface area contributed by atoms with E-state index in [1.54, 1.807) is 0 Å². The van der Waals surface area contributed by atoms with Gasteiger partial charge in [-0.2, -0.15) is 0 Å². The summed E-state index contributed by atoms with van der Waals surface area (Å²) in [5, 5.41) is 0. The predicted octanol–water partition coefficient (Wildman–Crippen LogP) is 5.15. The van der Waals surface area contributed by atoms with E-state index in [4.69, 9.17) is 5.73 Å². The molecule has 2 aromatic carbocycles. The van der Waals surface area contributed by atoms with Crippen molar-refractivity contribution in [3.8, 4) is 0 Å². The first kappa shape index (κ1) is 14.3. The van der Waals surface area contributed by atoms with E-state index in [1.165, 1.54) is 36.0 Å². The van der Waals surface area contributed by atoms with Crippen LogP contribution in [0.15, 0.2) is 54.6 Å². The van der Waals surface area contributed by atoms with Crippen LogP contribution in [-0.4, -0.2) is 0 Å². The van der Waals surface area contributed by atoms with Crippen molar-refractivity contribution in [2.75, 3.05) is 0 Å². The van der Waals surface area contributed by atoms with E-state index in [1.807, 2.05) is 0 Å². The summed E-state index contributed by atoms with van der Waals surface area (Å²) < 4.78 is 0. The Balaban J connectivity index is 1.84. The zero-order valence-corrected chi connectivity index (χ0v) is 12.8. The molecule has 1 heteroatoms. The molecule has 0 heterocycles. The molecule has 3 rings (SSSR count). The molecule has 0 aromatic heterocycles. The number of benzene rings is 2. The van der Waals surface area contributed by atoms with Crippen LogP contribution in [0.25, 0.3) is 0 Å². The second-order valence-corrected chi connectivity index (χ2v) is 6.25. The summed E-state index contributed by atoms with van der Waals surface area (Å²) in [5.74, 6) is 1.16. The molecule has 1 nitrogen and oxygen atoms in total. The molecule has 0 aliphatic heterocycles. The van der Waals surface area contributed by atoms with Crippen molar-refractivity contribution < 1.29 is 0 Å². The minimum atomic E-state index is 0.0810. The quantitative estimate of drug-likeness (QED) is 0.805. The van der Waals surface area contributed by atoms with Gasteiger partial charge >= 0.3 is 0 Å². The second-order valence-electron chi connectivity index (χ2n) is 6.25. The largest absolute Gasteiger partial charge is 0.323 e. The standard InChI is InChI=1S/C20H25N/c1-2-19(16-8-4-3-5-9-16)20(21)18-13-7-12-17(14-18)15-10-6-11-15/h3-5,7-9,12-15,19-20H,2,6,10-11,21H2,1H3. The molecule has 0 amide bonds. The number of rotatable bonds is 5. The highest BCUT2D eigenvalue weighted by atomic mass is 14.7. The lowest BCUT2D eigenvalue weighted by Gasteiger charge is -2.28. The molecule has 2 unspecified atom stereocenters. The third-order valence-electron chi connectivity index (χ3n) is 4.97. The molecule has 0 saturated heterocycles. The number of hydrogen-bond donors (Lipinski definition) is 1. The van der Waals surface area contributed by atoms with Gasteiger partial charge in [-0.25, -0.2) is 0 Å². The van der Waals surface area contributed by atoms with Crippen molar-refractivity contribution in [2.24, 2.45) is 5.73 Å². The van der Waals surface area contributed by atoms with Crippen molar-refractivity contribution in [3.63, 3.8) is 0 Å². The lowest BCUT2D eigenvalue weighted by molar-refractivity contribution is 0.419. The van der Waals surface area contributed by atoms with Gasteiger partial charge in [0.15, 0.2) is 0 Å². The number of hydrogen-bond acceptors (Lipinski definition) is 1. The molecule has 0 spiro atoms. The normalized spacial score (nSPS) is 18.0. The minimum absolute atomic E-state index is 0.0810. The Kier molecular flexibility index (Phi) is 4.40. The highest BCUT2D eigenvalue weighted by molar-refractivity contribution is 5.32.